The van der Waals surface area contributed by atoms with Crippen molar-refractivity contribution >= 4 is 22.8 Å². The molecule has 10 nitrogen and oxygen atoms in total. The van der Waals surface area contributed by atoms with Crippen LogP contribution in [0, 0.1) is 11.7 Å². The van der Waals surface area contributed by atoms with Crippen LogP contribution in [0.15, 0.2) is 24.7 Å². The number of aromatic amines is 1. The number of carbonyl (C=O) groups is 2. The lowest BCUT2D eigenvalue weighted by molar-refractivity contribution is -0.135. The summed E-state index contributed by atoms with van der Waals surface area (Å²) in [6, 6.07) is 1.93. The maximum atomic E-state index is 14.7. The van der Waals surface area contributed by atoms with Crippen LogP contribution in [0.5, 0.6) is 11.5 Å². The van der Waals surface area contributed by atoms with Crippen LogP contribution in [0.1, 0.15) is 36.0 Å². The standard InChI is InChI=1S/C25H26F3N5O5/c26-17-7-15(18(37-11-13-1-2-13)8-19(17)38-25(27)28)21-23-22(31-12-30-21)16(9-29-23)24(36)32-14-3-5-33(6-4-14)20(35)10-34/h7-9,12-14,25,29,34H,1-6,10-11H2,(H,32,36). The van der Waals surface area contributed by atoms with Gasteiger partial charge in [-0.25, -0.2) is 14.4 Å². The van der Waals surface area contributed by atoms with Gasteiger partial charge in [0.15, 0.2) is 11.6 Å². The van der Waals surface area contributed by atoms with Crippen molar-refractivity contribution in [3.63, 3.8) is 0 Å². The molecule has 1 aliphatic carbocycles. The largest absolute Gasteiger partial charge is 0.492 e. The lowest BCUT2D eigenvalue weighted by Crippen LogP contribution is -2.47. The molecule has 5 rings (SSSR count). The fourth-order valence-corrected chi connectivity index (χ4v) is 4.47. The number of benzene rings is 1. The van der Waals surface area contributed by atoms with Crippen molar-refractivity contribution in [2.45, 2.75) is 38.3 Å². The number of rotatable bonds is 9. The summed E-state index contributed by atoms with van der Waals surface area (Å²) in [6.07, 6.45) is 5.74. The number of amides is 2. The zero-order valence-electron chi connectivity index (χ0n) is 20.3. The zero-order chi connectivity index (χ0) is 26.8. The molecule has 2 aliphatic rings. The van der Waals surface area contributed by atoms with Gasteiger partial charge in [-0.2, -0.15) is 8.78 Å². The molecule has 1 saturated heterocycles. The van der Waals surface area contributed by atoms with Gasteiger partial charge in [0.25, 0.3) is 5.91 Å². The summed E-state index contributed by atoms with van der Waals surface area (Å²) in [6.45, 7) is -2.57. The first-order valence-electron chi connectivity index (χ1n) is 12.3. The van der Waals surface area contributed by atoms with Crippen LogP contribution in [-0.4, -0.2) is 75.7 Å². The van der Waals surface area contributed by atoms with E-state index in [1.165, 1.54) is 12.5 Å². The quantitative estimate of drug-likeness (QED) is 0.386. The van der Waals surface area contributed by atoms with Gasteiger partial charge >= 0.3 is 6.61 Å². The fraction of sp³-hybridized carbons (Fsp3) is 0.440. The zero-order valence-corrected chi connectivity index (χ0v) is 20.3. The van der Waals surface area contributed by atoms with Crippen molar-refractivity contribution in [1.82, 2.24) is 25.2 Å². The van der Waals surface area contributed by atoms with Gasteiger partial charge in [0.1, 0.15) is 29.9 Å². The summed E-state index contributed by atoms with van der Waals surface area (Å²) in [5, 5.41) is 12.0. The molecule has 0 radical (unpaired) electrons. The Labute approximate surface area is 215 Å². The molecule has 1 aromatic carbocycles. The summed E-state index contributed by atoms with van der Waals surface area (Å²) in [5.41, 5.74) is 1.32. The Kier molecular flexibility index (Phi) is 7.36. The molecular formula is C25H26F3N5O5. The van der Waals surface area contributed by atoms with E-state index in [1.54, 1.807) is 4.90 Å². The summed E-state index contributed by atoms with van der Waals surface area (Å²) < 4.78 is 50.4. The maximum absolute atomic E-state index is 14.7. The number of halogens is 3. The van der Waals surface area contributed by atoms with E-state index in [2.05, 4.69) is 25.0 Å². The SMILES string of the molecule is O=C(NC1CCN(C(=O)CO)CC1)c1c[nH]c2c(-c3cc(F)c(OC(F)F)cc3OCC3CC3)ncnc12. The number of H-pyrrole nitrogens is 1. The van der Waals surface area contributed by atoms with Crippen LogP contribution in [0.3, 0.4) is 0 Å². The van der Waals surface area contributed by atoms with E-state index in [1.807, 2.05) is 0 Å². The highest BCUT2D eigenvalue weighted by Crippen LogP contribution is 2.39. The van der Waals surface area contributed by atoms with E-state index >= 15 is 0 Å². The molecule has 13 heteroatoms. The summed E-state index contributed by atoms with van der Waals surface area (Å²) in [4.78, 5) is 37.8. The van der Waals surface area contributed by atoms with Crippen LogP contribution in [0.2, 0.25) is 0 Å². The highest BCUT2D eigenvalue weighted by atomic mass is 19.3. The van der Waals surface area contributed by atoms with Crippen LogP contribution in [-0.2, 0) is 4.79 Å². The minimum atomic E-state index is -3.20. The summed E-state index contributed by atoms with van der Waals surface area (Å²) in [7, 11) is 0. The normalized spacial score (nSPS) is 16.2. The Morgan fingerprint density at radius 2 is 1.92 bits per heavy atom. The molecule has 202 valence electrons. The van der Waals surface area contributed by atoms with Crippen molar-refractivity contribution in [3.8, 4) is 22.8 Å². The van der Waals surface area contributed by atoms with Crippen molar-refractivity contribution in [1.29, 1.82) is 0 Å². The molecule has 38 heavy (non-hydrogen) atoms. The summed E-state index contributed by atoms with van der Waals surface area (Å²) in [5.74, 6) is -1.92. The fourth-order valence-electron chi connectivity index (χ4n) is 4.47. The second kappa shape index (κ2) is 10.9. The Morgan fingerprint density at radius 3 is 2.61 bits per heavy atom. The smallest absolute Gasteiger partial charge is 0.387 e. The van der Waals surface area contributed by atoms with Gasteiger partial charge in [-0.05, 0) is 37.7 Å². The van der Waals surface area contributed by atoms with Crippen molar-refractivity contribution in [3.05, 3.63) is 36.0 Å². The Hall–Kier alpha value is -3.87. The monoisotopic (exact) mass is 533 g/mol. The molecule has 3 N–H and O–H groups in total. The van der Waals surface area contributed by atoms with Gasteiger partial charge in [0.2, 0.25) is 5.91 Å². The summed E-state index contributed by atoms with van der Waals surface area (Å²) >= 11 is 0. The Morgan fingerprint density at radius 1 is 1.16 bits per heavy atom. The first-order chi connectivity index (χ1) is 18.3. The van der Waals surface area contributed by atoms with E-state index in [4.69, 9.17) is 9.84 Å². The number of aromatic nitrogens is 3. The number of aliphatic hydroxyl groups excluding tert-OH is 1. The van der Waals surface area contributed by atoms with E-state index in [0.29, 0.717) is 49.5 Å². The number of likely N-dealkylation sites (tertiary alicyclic amines) is 1. The van der Waals surface area contributed by atoms with Crippen LogP contribution >= 0.6 is 0 Å². The molecule has 0 bridgehead atoms. The Balaban J connectivity index is 1.41. The molecule has 0 atom stereocenters. The molecule has 2 fully saturated rings. The molecule has 0 unspecified atom stereocenters. The molecule has 2 amide bonds. The van der Waals surface area contributed by atoms with Crippen LogP contribution < -0.4 is 14.8 Å². The minimum Gasteiger partial charge on any atom is -0.492 e. The third kappa shape index (κ3) is 5.52. The average Bonchev–Trinajstić information content (AvgIpc) is 3.64. The molecule has 1 saturated carbocycles. The second-order valence-corrected chi connectivity index (χ2v) is 9.35. The third-order valence-corrected chi connectivity index (χ3v) is 6.70. The average molecular weight is 534 g/mol. The lowest BCUT2D eigenvalue weighted by atomic mass is 10.0. The highest BCUT2D eigenvalue weighted by molar-refractivity contribution is 6.08. The first-order valence-corrected chi connectivity index (χ1v) is 12.3. The molecule has 0 spiro atoms. The van der Waals surface area contributed by atoms with Gasteiger partial charge in [0, 0.05) is 37.0 Å². The number of fused-ring (bicyclic) bond motifs is 1. The van der Waals surface area contributed by atoms with Gasteiger partial charge in [-0.15, -0.1) is 0 Å². The maximum Gasteiger partial charge on any atom is 0.387 e. The predicted octanol–water partition coefficient (Wildman–Crippen LogP) is 2.87. The third-order valence-electron chi connectivity index (χ3n) is 6.70. The minimum absolute atomic E-state index is 0.124. The number of aliphatic hydroxyl groups is 1. The van der Waals surface area contributed by atoms with Crippen molar-refractivity contribution in [2.75, 3.05) is 26.3 Å². The second-order valence-electron chi connectivity index (χ2n) is 9.35. The molecular weight excluding hydrogens is 507 g/mol. The number of nitrogens with zero attached hydrogens (tertiary/aromatic N) is 3. The molecule has 3 aromatic rings. The predicted molar refractivity (Wildman–Crippen MR) is 128 cm³/mol. The Bertz CT molecular complexity index is 1340. The topological polar surface area (TPSA) is 130 Å². The number of alkyl halides is 2. The van der Waals surface area contributed by atoms with Gasteiger partial charge in [-0.3, -0.25) is 9.59 Å². The lowest BCUT2D eigenvalue weighted by Gasteiger charge is -2.32. The van der Waals surface area contributed by atoms with Gasteiger partial charge in [0.05, 0.1) is 17.7 Å². The number of carbonyl (C=O) groups excluding carboxylic acids is 2. The van der Waals surface area contributed by atoms with Crippen molar-refractivity contribution < 1.29 is 37.3 Å². The van der Waals surface area contributed by atoms with Crippen molar-refractivity contribution in [2.24, 2.45) is 5.92 Å². The van der Waals surface area contributed by atoms with E-state index in [0.717, 1.165) is 25.0 Å². The number of hydrogen-bond donors (Lipinski definition) is 3. The van der Waals surface area contributed by atoms with Gasteiger partial charge < -0.3 is 29.8 Å². The van der Waals surface area contributed by atoms with Gasteiger partial charge in [-0.1, -0.05) is 0 Å². The van der Waals surface area contributed by atoms with Crippen LogP contribution in [0.4, 0.5) is 13.2 Å². The number of ether oxygens (including phenoxy) is 2. The van der Waals surface area contributed by atoms with Crippen LogP contribution in [0.25, 0.3) is 22.3 Å². The molecule has 1 aliphatic heterocycles. The number of nitrogens with one attached hydrogen (secondary N) is 2. The first kappa shape index (κ1) is 25.8. The highest BCUT2D eigenvalue weighted by Gasteiger charge is 2.27. The number of piperidine rings is 1. The van der Waals surface area contributed by atoms with E-state index < -0.39 is 24.8 Å². The van der Waals surface area contributed by atoms with E-state index in [9.17, 15) is 22.8 Å². The molecule has 3 heterocycles. The number of hydrogen-bond acceptors (Lipinski definition) is 7. The van der Waals surface area contributed by atoms with E-state index in [-0.39, 0.29) is 40.4 Å². The molecule has 2 aromatic heterocycles.